The zero-order valence-corrected chi connectivity index (χ0v) is 12.4. The molecule has 0 radical (unpaired) electrons. The first kappa shape index (κ1) is 14.5. The van der Waals surface area contributed by atoms with Crippen molar-refractivity contribution in [2.45, 2.75) is 52.0 Å². The van der Waals surface area contributed by atoms with Gasteiger partial charge in [-0.2, -0.15) is 0 Å². The first-order chi connectivity index (χ1) is 7.71. The lowest BCUT2D eigenvalue weighted by Crippen LogP contribution is -2.38. The molecule has 1 aromatic carbocycles. The van der Waals surface area contributed by atoms with Crippen molar-refractivity contribution in [3.05, 3.63) is 34.9 Å². The van der Waals surface area contributed by atoms with Gasteiger partial charge in [0.2, 0.25) is 0 Å². The second kappa shape index (κ2) is 5.41. The molecule has 1 nitrogen and oxygen atoms in total. The topological polar surface area (TPSA) is 12.0 Å². The van der Waals surface area contributed by atoms with Gasteiger partial charge in [0.25, 0.3) is 0 Å². The Bertz CT molecular complexity index is 363. The van der Waals surface area contributed by atoms with Crippen molar-refractivity contribution >= 4 is 11.6 Å². The molecule has 0 aromatic heterocycles. The van der Waals surface area contributed by atoms with E-state index in [0.29, 0.717) is 0 Å². The number of hydrogen-bond donors (Lipinski definition) is 1. The van der Waals surface area contributed by atoms with Gasteiger partial charge in [-0.15, -0.1) is 0 Å². The van der Waals surface area contributed by atoms with Crippen molar-refractivity contribution in [1.29, 1.82) is 0 Å². The van der Waals surface area contributed by atoms with Gasteiger partial charge in [-0.25, -0.2) is 0 Å². The van der Waals surface area contributed by atoms with Crippen LogP contribution in [0.3, 0.4) is 0 Å². The van der Waals surface area contributed by atoms with Gasteiger partial charge >= 0.3 is 0 Å². The molecule has 1 rings (SSSR count). The molecule has 0 aliphatic rings. The number of rotatable bonds is 4. The maximum atomic E-state index is 6.04. The molecule has 0 aliphatic carbocycles. The van der Waals surface area contributed by atoms with Crippen LogP contribution in [0.1, 0.15) is 46.6 Å². The van der Waals surface area contributed by atoms with Crippen molar-refractivity contribution in [1.82, 2.24) is 5.32 Å². The normalized spacial score (nSPS) is 12.8. The maximum absolute atomic E-state index is 6.04. The van der Waals surface area contributed by atoms with E-state index in [1.165, 1.54) is 5.56 Å². The molecule has 0 fully saturated rings. The van der Waals surface area contributed by atoms with E-state index in [4.69, 9.17) is 11.6 Å². The summed E-state index contributed by atoms with van der Waals surface area (Å²) < 4.78 is 0. The summed E-state index contributed by atoms with van der Waals surface area (Å²) in [6.45, 7) is 12.1. The lowest BCUT2D eigenvalue weighted by atomic mass is 9.81. The van der Waals surface area contributed by atoms with Gasteiger partial charge in [-0.1, -0.05) is 37.6 Å². The van der Waals surface area contributed by atoms with E-state index >= 15 is 0 Å². The van der Waals surface area contributed by atoms with E-state index in [-0.39, 0.29) is 11.0 Å². The molecule has 0 aliphatic heterocycles. The molecule has 1 N–H and O–H groups in total. The fraction of sp³-hybridized carbons (Fsp3) is 0.600. The third-order valence-electron chi connectivity index (χ3n) is 3.01. The molecule has 17 heavy (non-hydrogen) atoms. The highest BCUT2D eigenvalue weighted by Crippen LogP contribution is 2.28. The molecule has 2 heteroatoms. The van der Waals surface area contributed by atoms with Gasteiger partial charge in [0.1, 0.15) is 0 Å². The van der Waals surface area contributed by atoms with E-state index in [1.807, 2.05) is 12.1 Å². The van der Waals surface area contributed by atoms with Crippen molar-refractivity contribution in [2.24, 2.45) is 0 Å². The van der Waals surface area contributed by atoms with Crippen molar-refractivity contribution in [3.63, 3.8) is 0 Å². The Morgan fingerprint density at radius 3 is 2.29 bits per heavy atom. The largest absolute Gasteiger partial charge is 0.312 e. The van der Waals surface area contributed by atoms with Crippen LogP contribution >= 0.6 is 11.6 Å². The SMILES string of the molecule is CC(C)(C)NCCC(C)(C)c1cccc(Cl)c1. The average molecular weight is 254 g/mol. The number of nitrogens with one attached hydrogen (secondary N) is 1. The molecule has 96 valence electrons. The summed E-state index contributed by atoms with van der Waals surface area (Å²) in [6, 6.07) is 8.17. The highest BCUT2D eigenvalue weighted by molar-refractivity contribution is 6.30. The number of halogens is 1. The molecule has 0 saturated carbocycles. The molecule has 0 spiro atoms. The third kappa shape index (κ3) is 5.10. The minimum absolute atomic E-state index is 0.156. The molecule has 1 aromatic rings. The summed E-state index contributed by atoms with van der Waals surface area (Å²) in [6.07, 6.45) is 1.10. The Labute approximate surface area is 111 Å². The summed E-state index contributed by atoms with van der Waals surface area (Å²) >= 11 is 6.04. The van der Waals surface area contributed by atoms with Crippen LogP contribution in [0.25, 0.3) is 0 Å². The summed E-state index contributed by atoms with van der Waals surface area (Å²) in [5.41, 5.74) is 1.65. The van der Waals surface area contributed by atoms with Crippen LogP contribution in [0.4, 0.5) is 0 Å². The van der Waals surface area contributed by atoms with Crippen LogP contribution < -0.4 is 5.32 Å². The van der Waals surface area contributed by atoms with Crippen LogP contribution in [0, 0.1) is 0 Å². The van der Waals surface area contributed by atoms with Gasteiger partial charge in [-0.3, -0.25) is 0 Å². The minimum atomic E-state index is 0.156. The van der Waals surface area contributed by atoms with E-state index in [0.717, 1.165) is 18.0 Å². The molecule has 0 atom stereocenters. The van der Waals surface area contributed by atoms with Crippen LogP contribution in [0.2, 0.25) is 5.02 Å². The van der Waals surface area contributed by atoms with Crippen LogP contribution in [0.5, 0.6) is 0 Å². The number of hydrogen-bond acceptors (Lipinski definition) is 1. The predicted octanol–water partition coefficient (Wildman–Crippen LogP) is 4.40. The van der Waals surface area contributed by atoms with Crippen molar-refractivity contribution in [3.8, 4) is 0 Å². The molecule has 0 bridgehead atoms. The molecular formula is C15H24ClN. The molecular weight excluding hydrogens is 230 g/mol. The van der Waals surface area contributed by atoms with Crippen LogP contribution in [-0.2, 0) is 5.41 Å². The van der Waals surface area contributed by atoms with Crippen molar-refractivity contribution in [2.75, 3.05) is 6.54 Å². The minimum Gasteiger partial charge on any atom is -0.312 e. The van der Waals surface area contributed by atoms with Crippen molar-refractivity contribution < 1.29 is 0 Å². The van der Waals surface area contributed by atoms with Gasteiger partial charge < -0.3 is 5.32 Å². The molecule has 0 heterocycles. The Morgan fingerprint density at radius 2 is 1.76 bits per heavy atom. The van der Waals surface area contributed by atoms with Gasteiger partial charge in [0, 0.05) is 10.6 Å². The lowest BCUT2D eigenvalue weighted by molar-refractivity contribution is 0.379. The van der Waals surface area contributed by atoms with Gasteiger partial charge in [-0.05, 0) is 56.8 Å². The van der Waals surface area contributed by atoms with Crippen LogP contribution in [-0.4, -0.2) is 12.1 Å². The Morgan fingerprint density at radius 1 is 1.12 bits per heavy atom. The third-order valence-corrected chi connectivity index (χ3v) is 3.25. The lowest BCUT2D eigenvalue weighted by Gasteiger charge is -2.28. The maximum Gasteiger partial charge on any atom is 0.0408 e. The highest BCUT2D eigenvalue weighted by Gasteiger charge is 2.21. The average Bonchev–Trinajstić information content (AvgIpc) is 2.15. The fourth-order valence-corrected chi connectivity index (χ4v) is 1.99. The van der Waals surface area contributed by atoms with E-state index < -0.39 is 0 Å². The Kier molecular flexibility index (Phi) is 4.62. The van der Waals surface area contributed by atoms with Gasteiger partial charge in [0.15, 0.2) is 0 Å². The standard InChI is InChI=1S/C15H24ClN/c1-14(2,3)17-10-9-15(4,5)12-7-6-8-13(16)11-12/h6-8,11,17H,9-10H2,1-5H3. The Hall–Kier alpha value is -0.530. The molecule has 0 amide bonds. The smallest absolute Gasteiger partial charge is 0.0408 e. The van der Waals surface area contributed by atoms with E-state index in [9.17, 15) is 0 Å². The first-order valence-electron chi connectivity index (χ1n) is 6.22. The molecule has 0 saturated heterocycles. The summed E-state index contributed by atoms with van der Waals surface area (Å²) in [7, 11) is 0. The summed E-state index contributed by atoms with van der Waals surface area (Å²) in [5.74, 6) is 0. The second-order valence-electron chi connectivity index (χ2n) is 6.32. The molecule has 0 unspecified atom stereocenters. The van der Waals surface area contributed by atoms with E-state index in [1.54, 1.807) is 0 Å². The Balaban J connectivity index is 2.62. The predicted molar refractivity (Wildman–Crippen MR) is 76.9 cm³/mol. The number of benzene rings is 1. The van der Waals surface area contributed by atoms with Gasteiger partial charge in [0.05, 0.1) is 0 Å². The quantitative estimate of drug-likeness (QED) is 0.839. The van der Waals surface area contributed by atoms with Crippen LogP contribution in [0.15, 0.2) is 24.3 Å². The monoisotopic (exact) mass is 253 g/mol. The van der Waals surface area contributed by atoms with E-state index in [2.05, 4.69) is 52.1 Å². The zero-order chi connectivity index (χ0) is 13.1. The highest BCUT2D eigenvalue weighted by atomic mass is 35.5. The summed E-state index contributed by atoms with van der Waals surface area (Å²) in [5, 5.41) is 4.35. The first-order valence-corrected chi connectivity index (χ1v) is 6.60. The fourth-order valence-electron chi connectivity index (χ4n) is 1.80. The second-order valence-corrected chi connectivity index (χ2v) is 6.76. The zero-order valence-electron chi connectivity index (χ0n) is 11.6. The summed E-state index contributed by atoms with van der Waals surface area (Å²) in [4.78, 5) is 0.